The standard InChI is InChI=1S/C29H33ClN8O2/c1-40-23-10-2-18(3-11-23)17-37(22-8-9-22)24-15-27(34-20-6-4-19(31)5-7-20)36-38-25(16-33-28(24)38)29(39)35-21-12-13-32-26(30)14-21/h2-3,10-16,19-20,22H,4-9,17,31H2,1H3,(H,34,36)(H,32,35,39). The predicted octanol–water partition coefficient (Wildman–Crippen LogP) is 4.89. The van der Waals surface area contributed by atoms with E-state index in [1.54, 1.807) is 36.2 Å². The molecule has 0 unspecified atom stereocenters. The molecule has 0 radical (unpaired) electrons. The van der Waals surface area contributed by atoms with Crippen LogP contribution in [0.15, 0.2) is 54.9 Å². The zero-order valence-electron chi connectivity index (χ0n) is 22.4. The minimum atomic E-state index is -0.331. The number of nitrogens with zero attached hydrogens (tertiary/aromatic N) is 5. The largest absolute Gasteiger partial charge is 0.497 e. The van der Waals surface area contributed by atoms with Gasteiger partial charge in [-0.1, -0.05) is 23.7 Å². The molecule has 208 valence electrons. The number of carbonyl (C=O) groups is 1. The fourth-order valence-corrected chi connectivity index (χ4v) is 5.44. The Balaban J connectivity index is 1.37. The van der Waals surface area contributed by atoms with E-state index in [1.165, 1.54) is 0 Å². The van der Waals surface area contributed by atoms with Crippen LogP contribution < -0.4 is 26.0 Å². The highest BCUT2D eigenvalue weighted by atomic mass is 35.5. The lowest BCUT2D eigenvalue weighted by atomic mass is 9.92. The minimum Gasteiger partial charge on any atom is -0.497 e. The van der Waals surface area contributed by atoms with Crippen LogP contribution in [0.25, 0.3) is 5.65 Å². The molecule has 10 nitrogen and oxygen atoms in total. The summed E-state index contributed by atoms with van der Waals surface area (Å²) in [6, 6.07) is 14.4. The van der Waals surface area contributed by atoms with Gasteiger partial charge in [0.2, 0.25) is 0 Å². The summed E-state index contributed by atoms with van der Waals surface area (Å²) in [4.78, 5) is 24.4. The Labute approximate surface area is 237 Å². The zero-order chi connectivity index (χ0) is 27.6. The molecule has 2 aliphatic carbocycles. The van der Waals surface area contributed by atoms with E-state index in [-0.39, 0.29) is 18.0 Å². The Hall–Kier alpha value is -3.89. The topological polar surface area (TPSA) is 123 Å². The van der Waals surface area contributed by atoms with E-state index in [0.29, 0.717) is 40.6 Å². The first-order chi connectivity index (χ1) is 19.5. The summed E-state index contributed by atoms with van der Waals surface area (Å²) in [5.41, 5.74) is 9.76. The molecule has 2 fully saturated rings. The number of hydrogen-bond donors (Lipinski definition) is 3. The number of rotatable bonds is 9. The SMILES string of the molecule is COc1ccc(CN(c2cc(NC3CCC(N)CC3)nn3c(C(=O)Nc4ccnc(Cl)c4)cnc23)C2CC2)cc1. The summed E-state index contributed by atoms with van der Waals surface area (Å²) in [6.07, 6.45) is 9.25. The molecule has 6 rings (SSSR count). The molecular weight excluding hydrogens is 528 g/mol. The monoisotopic (exact) mass is 560 g/mol. The Morgan fingerprint density at radius 1 is 1.10 bits per heavy atom. The molecule has 4 aromatic rings. The number of ether oxygens (including phenoxy) is 1. The summed E-state index contributed by atoms with van der Waals surface area (Å²) in [6.45, 7) is 0.704. The summed E-state index contributed by atoms with van der Waals surface area (Å²) in [7, 11) is 1.67. The average Bonchev–Trinajstić information content (AvgIpc) is 3.71. The third-order valence-electron chi connectivity index (χ3n) is 7.60. The summed E-state index contributed by atoms with van der Waals surface area (Å²) in [5.74, 6) is 1.20. The maximum Gasteiger partial charge on any atom is 0.276 e. The lowest BCUT2D eigenvalue weighted by molar-refractivity contribution is 0.102. The molecule has 1 amide bonds. The van der Waals surface area contributed by atoms with Crippen molar-refractivity contribution >= 4 is 40.3 Å². The van der Waals surface area contributed by atoms with Crippen molar-refractivity contribution in [1.82, 2.24) is 19.6 Å². The van der Waals surface area contributed by atoms with Gasteiger partial charge in [-0.2, -0.15) is 0 Å². The van der Waals surface area contributed by atoms with Crippen LogP contribution >= 0.6 is 11.6 Å². The first kappa shape index (κ1) is 26.3. The molecule has 2 saturated carbocycles. The van der Waals surface area contributed by atoms with Crippen LogP contribution in [-0.2, 0) is 6.54 Å². The fraction of sp³-hybridized carbons (Fsp3) is 0.379. The lowest BCUT2D eigenvalue weighted by Gasteiger charge is -2.29. The Bertz CT molecular complexity index is 1500. The number of hydrogen-bond acceptors (Lipinski definition) is 8. The van der Waals surface area contributed by atoms with Crippen molar-refractivity contribution in [2.75, 3.05) is 22.6 Å². The Kier molecular flexibility index (Phi) is 7.44. The van der Waals surface area contributed by atoms with Crippen molar-refractivity contribution in [2.45, 2.75) is 63.2 Å². The highest BCUT2D eigenvalue weighted by Gasteiger charge is 2.32. The van der Waals surface area contributed by atoms with E-state index in [4.69, 9.17) is 32.2 Å². The minimum absolute atomic E-state index is 0.254. The van der Waals surface area contributed by atoms with Crippen molar-refractivity contribution in [3.8, 4) is 5.75 Å². The van der Waals surface area contributed by atoms with Crippen molar-refractivity contribution in [3.05, 3.63) is 71.3 Å². The molecule has 3 heterocycles. The number of halogens is 1. The highest BCUT2D eigenvalue weighted by molar-refractivity contribution is 6.29. The molecule has 11 heteroatoms. The van der Waals surface area contributed by atoms with Crippen molar-refractivity contribution < 1.29 is 9.53 Å². The Morgan fingerprint density at radius 2 is 1.88 bits per heavy atom. The normalized spacial score (nSPS) is 18.9. The van der Waals surface area contributed by atoms with E-state index in [2.05, 4.69) is 38.7 Å². The number of anilines is 3. The maximum atomic E-state index is 13.4. The van der Waals surface area contributed by atoms with E-state index >= 15 is 0 Å². The van der Waals surface area contributed by atoms with Gasteiger partial charge in [-0.15, -0.1) is 5.10 Å². The van der Waals surface area contributed by atoms with E-state index < -0.39 is 0 Å². The van der Waals surface area contributed by atoms with Crippen LogP contribution in [0.1, 0.15) is 54.6 Å². The smallest absolute Gasteiger partial charge is 0.276 e. The molecule has 4 N–H and O–H groups in total. The van der Waals surface area contributed by atoms with Crippen molar-refractivity contribution in [1.29, 1.82) is 0 Å². The number of aromatic nitrogens is 4. The van der Waals surface area contributed by atoms with Crippen LogP contribution in [0.3, 0.4) is 0 Å². The number of methoxy groups -OCH3 is 1. The average molecular weight is 561 g/mol. The Morgan fingerprint density at radius 3 is 2.58 bits per heavy atom. The second kappa shape index (κ2) is 11.3. The fourth-order valence-electron chi connectivity index (χ4n) is 5.26. The quantitative estimate of drug-likeness (QED) is 0.247. The second-order valence-corrected chi connectivity index (χ2v) is 11.0. The molecule has 0 atom stereocenters. The van der Waals surface area contributed by atoms with Gasteiger partial charge in [0, 0.05) is 42.6 Å². The number of nitrogens with two attached hydrogens (primary N) is 1. The van der Waals surface area contributed by atoms with Gasteiger partial charge in [0.15, 0.2) is 11.3 Å². The maximum absolute atomic E-state index is 13.4. The van der Waals surface area contributed by atoms with Crippen LogP contribution in [-0.4, -0.2) is 50.7 Å². The van der Waals surface area contributed by atoms with E-state index in [9.17, 15) is 4.79 Å². The first-order valence-corrected chi connectivity index (χ1v) is 14.1. The molecule has 0 spiro atoms. The first-order valence-electron chi connectivity index (χ1n) is 13.7. The third kappa shape index (κ3) is 5.83. The molecule has 0 aliphatic heterocycles. The molecular formula is C29H33ClN8O2. The zero-order valence-corrected chi connectivity index (χ0v) is 23.1. The molecule has 3 aromatic heterocycles. The molecule has 2 aliphatic rings. The number of pyridine rings is 1. The third-order valence-corrected chi connectivity index (χ3v) is 7.80. The van der Waals surface area contributed by atoms with Crippen molar-refractivity contribution in [3.63, 3.8) is 0 Å². The summed E-state index contributed by atoms with van der Waals surface area (Å²) in [5, 5.41) is 11.7. The number of imidazole rings is 1. The van der Waals surface area contributed by atoms with Gasteiger partial charge in [0.1, 0.15) is 16.7 Å². The predicted molar refractivity (Wildman–Crippen MR) is 156 cm³/mol. The number of amides is 1. The summed E-state index contributed by atoms with van der Waals surface area (Å²) < 4.78 is 6.99. The highest BCUT2D eigenvalue weighted by Crippen LogP contribution is 2.37. The van der Waals surface area contributed by atoms with Gasteiger partial charge in [-0.05, 0) is 68.4 Å². The van der Waals surface area contributed by atoms with Crippen molar-refractivity contribution in [2.24, 2.45) is 5.73 Å². The van der Waals surface area contributed by atoms with E-state index in [1.807, 2.05) is 12.1 Å². The van der Waals surface area contributed by atoms with Crippen LogP contribution in [0.2, 0.25) is 5.15 Å². The number of carbonyl (C=O) groups excluding carboxylic acids is 1. The molecule has 0 saturated heterocycles. The van der Waals surface area contributed by atoms with Gasteiger partial charge in [0.05, 0.1) is 19.0 Å². The number of fused-ring (bicyclic) bond motifs is 1. The molecule has 40 heavy (non-hydrogen) atoms. The van der Waals surface area contributed by atoms with Gasteiger partial charge >= 0.3 is 0 Å². The molecule has 1 aromatic carbocycles. The molecule has 0 bridgehead atoms. The summed E-state index contributed by atoms with van der Waals surface area (Å²) >= 11 is 6.02. The van der Waals surface area contributed by atoms with Crippen LogP contribution in [0, 0.1) is 0 Å². The van der Waals surface area contributed by atoms with E-state index in [0.717, 1.165) is 55.5 Å². The van der Waals surface area contributed by atoms with Crippen LogP contribution in [0.4, 0.5) is 17.2 Å². The number of benzene rings is 1. The van der Waals surface area contributed by atoms with Gasteiger partial charge in [-0.25, -0.2) is 14.5 Å². The van der Waals surface area contributed by atoms with Gasteiger partial charge in [0.25, 0.3) is 5.91 Å². The lowest BCUT2D eigenvalue weighted by Crippen LogP contribution is -2.33. The number of nitrogens with one attached hydrogen (secondary N) is 2. The van der Waals surface area contributed by atoms with Crippen LogP contribution in [0.5, 0.6) is 5.75 Å². The van der Waals surface area contributed by atoms with Gasteiger partial charge in [-0.3, -0.25) is 4.79 Å². The van der Waals surface area contributed by atoms with Gasteiger partial charge < -0.3 is 26.0 Å². The second-order valence-electron chi connectivity index (χ2n) is 10.6.